The number of likely N-dealkylation sites (tertiary alicyclic amines) is 1. The molecule has 0 radical (unpaired) electrons. The maximum atomic E-state index is 12.8. The summed E-state index contributed by atoms with van der Waals surface area (Å²) in [6, 6.07) is 24.3. The van der Waals surface area contributed by atoms with Crippen molar-refractivity contribution in [1.82, 2.24) is 4.90 Å². The summed E-state index contributed by atoms with van der Waals surface area (Å²) in [6.45, 7) is 1.77. The van der Waals surface area contributed by atoms with Gasteiger partial charge in [0.25, 0.3) is 0 Å². The first-order valence-corrected chi connectivity index (χ1v) is 11.1. The molecule has 1 fully saturated rings. The molecule has 1 heterocycles. The molecule has 1 saturated heterocycles. The maximum absolute atomic E-state index is 12.8. The van der Waals surface area contributed by atoms with Crippen molar-refractivity contribution in [2.75, 3.05) is 19.7 Å². The number of benzene rings is 3. The predicted octanol–water partition coefficient (Wildman–Crippen LogP) is 5.60. The Balaban J connectivity index is 1.18. The van der Waals surface area contributed by atoms with Crippen LogP contribution in [-0.2, 0) is 11.2 Å². The number of ether oxygens (including phenoxy) is 1. The zero-order valence-corrected chi connectivity index (χ0v) is 17.5. The Morgan fingerprint density at radius 2 is 1.45 bits per heavy atom. The molecule has 4 heteroatoms. The normalized spacial score (nSPS) is 16.1. The van der Waals surface area contributed by atoms with Gasteiger partial charge in [0.2, 0.25) is 0 Å². The number of hydrogen-bond acceptors (Lipinski definition) is 3. The lowest BCUT2D eigenvalue weighted by molar-refractivity contribution is 0.0855. The Bertz CT molecular complexity index is 1040. The number of phenols is 1. The summed E-state index contributed by atoms with van der Waals surface area (Å²) in [4.78, 5) is 14.6. The van der Waals surface area contributed by atoms with Crippen molar-refractivity contribution >= 4 is 6.09 Å². The van der Waals surface area contributed by atoms with Crippen molar-refractivity contribution in [3.8, 4) is 16.9 Å². The van der Waals surface area contributed by atoms with Gasteiger partial charge in [0.1, 0.15) is 12.4 Å². The molecule has 1 amide bonds. The van der Waals surface area contributed by atoms with Crippen LogP contribution in [0.2, 0.25) is 0 Å². The maximum Gasteiger partial charge on any atom is 0.409 e. The molecular weight excluding hydrogens is 386 g/mol. The SMILES string of the molecule is O=C(OCC1c2ccccc2-c2ccccc21)N1CCC(Cc2ccccc2O)CC1. The van der Waals surface area contributed by atoms with Gasteiger partial charge < -0.3 is 14.7 Å². The fraction of sp³-hybridized carbons (Fsp3) is 0.296. The van der Waals surface area contributed by atoms with Crippen molar-refractivity contribution in [2.45, 2.75) is 25.2 Å². The lowest BCUT2D eigenvalue weighted by atomic mass is 9.90. The highest BCUT2D eigenvalue weighted by atomic mass is 16.6. The molecule has 3 aromatic rings. The highest BCUT2D eigenvalue weighted by Gasteiger charge is 2.30. The second-order valence-electron chi connectivity index (χ2n) is 8.57. The summed E-state index contributed by atoms with van der Waals surface area (Å²) in [7, 11) is 0. The van der Waals surface area contributed by atoms with Crippen molar-refractivity contribution in [2.24, 2.45) is 5.92 Å². The number of aromatic hydroxyl groups is 1. The predicted molar refractivity (Wildman–Crippen MR) is 121 cm³/mol. The van der Waals surface area contributed by atoms with Crippen LogP contribution in [0.5, 0.6) is 5.75 Å². The van der Waals surface area contributed by atoms with E-state index in [-0.39, 0.29) is 12.0 Å². The monoisotopic (exact) mass is 413 g/mol. The van der Waals surface area contributed by atoms with Crippen molar-refractivity contribution in [1.29, 1.82) is 0 Å². The summed E-state index contributed by atoms with van der Waals surface area (Å²) in [6.07, 6.45) is 2.49. The minimum Gasteiger partial charge on any atom is -0.508 e. The lowest BCUT2D eigenvalue weighted by Gasteiger charge is -2.31. The van der Waals surface area contributed by atoms with Crippen LogP contribution >= 0.6 is 0 Å². The Labute approximate surface area is 183 Å². The molecule has 0 aromatic heterocycles. The minimum absolute atomic E-state index is 0.0925. The number of phenolic OH excluding ortho intramolecular Hbond substituents is 1. The molecule has 2 aliphatic rings. The number of piperidine rings is 1. The lowest BCUT2D eigenvalue weighted by Crippen LogP contribution is -2.39. The van der Waals surface area contributed by atoms with Crippen LogP contribution in [0.4, 0.5) is 4.79 Å². The van der Waals surface area contributed by atoms with E-state index in [1.54, 1.807) is 6.07 Å². The minimum atomic E-state index is -0.220. The molecule has 4 nitrogen and oxygen atoms in total. The van der Waals surface area contributed by atoms with Gasteiger partial charge >= 0.3 is 6.09 Å². The molecule has 1 aliphatic heterocycles. The molecule has 1 aliphatic carbocycles. The van der Waals surface area contributed by atoms with Gasteiger partial charge in [-0.05, 0) is 59.1 Å². The van der Waals surface area contributed by atoms with Crippen LogP contribution in [0.15, 0.2) is 72.8 Å². The van der Waals surface area contributed by atoms with E-state index in [1.165, 1.54) is 22.3 Å². The Kier molecular flexibility index (Phi) is 5.37. The average Bonchev–Trinajstić information content (AvgIpc) is 3.13. The summed E-state index contributed by atoms with van der Waals surface area (Å²) in [5, 5.41) is 10.0. The van der Waals surface area contributed by atoms with E-state index >= 15 is 0 Å². The van der Waals surface area contributed by atoms with Crippen molar-refractivity contribution in [3.05, 3.63) is 89.5 Å². The molecule has 5 rings (SSSR count). The number of fused-ring (bicyclic) bond motifs is 3. The first kappa shape index (κ1) is 19.7. The van der Waals surface area contributed by atoms with E-state index in [2.05, 4.69) is 48.5 Å². The first-order valence-electron chi connectivity index (χ1n) is 11.1. The van der Waals surface area contributed by atoms with E-state index < -0.39 is 0 Å². The van der Waals surface area contributed by atoms with E-state index in [1.807, 2.05) is 23.1 Å². The summed E-state index contributed by atoms with van der Waals surface area (Å²) < 4.78 is 5.80. The van der Waals surface area contributed by atoms with Crippen LogP contribution in [0.25, 0.3) is 11.1 Å². The zero-order chi connectivity index (χ0) is 21.2. The number of amides is 1. The van der Waals surface area contributed by atoms with Gasteiger partial charge in [0.05, 0.1) is 0 Å². The molecule has 3 aromatic carbocycles. The molecule has 0 bridgehead atoms. The fourth-order valence-electron chi connectivity index (χ4n) is 5.00. The molecule has 31 heavy (non-hydrogen) atoms. The van der Waals surface area contributed by atoms with Crippen molar-refractivity contribution in [3.63, 3.8) is 0 Å². The summed E-state index contributed by atoms with van der Waals surface area (Å²) in [5.74, 6) is 0.933. The van der Waals surface area contributed by atoms with Crippen LogP contribution in [-0.4, -0.2) is 35.8 Å². The van der Waals surface area contributed by atoms with E-state index in [9.17, 15) is 9.90 Å². The molecule has 1 N–H and O–H groups in total. The smallest absolute Gasteiger partial charge is 0.409 e. The van der Waals surface area contributed by atoms with E-state index in [0.717, 1.165) is 24.8 Å². The third-order valence-electron chi connectivity index (χ3n) is 6.71. The van der Waals surface area contributed by atoms with Gasteiger partial charge in [-0.1, -0.05) is 66.7 Å². The largest absolute Gasteiger partial charge is 0.508 e. The molecule has 0 atom stereocenters. The highest BCUT2D eigenvalue weighted by molar-refractivity contribution is 5.79. The molecule has 0 saturated carbocycles. The number of carbonyl (C=O) groups is 1. The van der Waals surface area contributed by atoms with Crippen LogP contribution in [0.3, 0.4) is 0 Å². The zero-order valence-electron chi connectivity index (χ0n) is 17.5. The Morgan fingerprint density at radius 3 is 2.10 bits per heavy atom. The third-order valence-corrected chi connectivity index (χ3v) is 6.71. The molecule has 0 unspecified atom stereocenters. The fourth-order valence-corrected chi connectivity index (χ4v) is 5.00. The quantitative estimate of drug-likeness (QED) is 0.606. The van der Waals surface area contributed by atoms with E-state index in [4.69, 9.17) is 4.74 Å². The van der Waals surface area contributed by atoms with Gasteiger partial charge in [0, 0.05) is 19.0 Å². The Morgan fingerprint density at radius 1 is 0.871 bits per heavy atom. The molecule has 0 spiro atoms. The Hall–Kier alpha value is -3.27. The highest BCUT2D eigenvalue weighted by Crippen LogP contribution is 2.44. The van der Waals surface area contributed by atoms with Gasteiger partial charge in [-0.25, -0.2) is 4.79 Å². The molecule has 158 valence electrons. The third kappa shape index (κ3) is 3.90. The van der Waals surface area contributed by atoms with E-state index in [0.29, 0.717) is 31.4 Å². The standard InChI is InChI=1S/C27H27NO3/c29-26-12-6-1-7-20(26)17-19-13-15-28(16-14-19)27(30)31-18-25-23-10-4-2-8-21(23)22-9-3-5-11-24(22)25/h1-12,19,25,29H,13-18H2. The number of para-hydroxylation sites is 1. The summed E-state index contributed by atoms with van der Waals surface area (Å²) in [5.41, 5.74) is 5.94. The second-order valence-corrected chi connectivity index (χ2v) is 8.57. The van der Waals surface area contributed by atoms with Crippen LogP contribution < -0.4 is 0 Å². The van der Waals surface area contributed by atoms with Crippen LogP contribution in [0.1, 0.15) is 35.4 Å². The summed E-state index contributed by atoms with van der Waals surface area (Å²) >= 11 is 0. The van der Waals surface area contributed by atoms with Gasteiger partial charge in [-0.15, -0.1) is 0 Å². The second kappa shape index (κ2) is 8.46. The first-order chi connectivity index (χ1) is 15.2. The number of carbonyl (C=O) groups excluding carboxylic acids is 1. The van der Waals surface area contributed by atoms with Gasteiger partial charge in [-0.2, -0.15) is 0 Å². The average molecular weight is 414 g/mol. The number of rotatable bonds is 4. The molecular formula is C27H27NO3. The number of hydrogen-bond donors (Lipinski definition) is 1. The topological polar surface area (TPSA) is 49.8 Å². The van der Waals surface area contributed by atoms with Gasteiger partial charge in [0.15, 0.2) is 0 Å². The number of nitrogens with zero attached hydrogens (tertiary/aromatic N) is 1. The van der Waals surface area contributed by atoms with Crippen molar-refractivity contribution < 1.29 is 14.6 Å². The van der Waals surface area contributed by atoms with Gasteiger partial charge in [-0.3, -0.25) is 0 Å². The van der Waals surface area contributed by atoms with Crippen LogP contribution in [0, 0.1) is 5.92 Å².